The number of para-hydroxylation sites is 4. The summed E-state index contributed by atoms with van der Waals surface area (Å²) in [5.41, 5.74) is 19.0. The summed E-state index contributed by atoms with van der Waals surface area (Å²) in [4.78, 5) is 15.5. The summed E-state index contributed by atoms with van der Waals surface area (Å²) in [6.45, 7) is 0. The van der Waals surface area contributed by atoms with Crippen LogP contribution in [0.3, 0.4) is 0 Å². The molecule has 0 fully saturated rings. The molecular formula is C58H38N4. The number of nitrogens with zero attached hydrogens (tertiary/aromatic N) is 4. The molecule has 0 saturated carbocycles. The van der Waals surface area contributed by atoms with Gasteiger partial charge in [0, 0.05) is 22.4 Å². The first kappa shape index (κ1) is 35.7. The highest BCUT2D eigenvalue weighted by Crippen LogP contribution is 2.56. The molecule has 62 heavy (non-hydrogen) atoms. The fraction of sp³-hybridized carbons (Fsp3) is 0.0172. The zero-order valence-corrected chi connectivity index (χ0v) is 33.7. The van der Waals surface area contributed by atoms with Crippen molar-refractivity contribution >= 4 is 22.1 Å². The van der Waals surface area contributed by atoms with E-state index < -0.39 is 5.41 Å². The van der Waals surface area contributed by atoms with Gasteiger partial charge in [0.1, 0.15) is 5.82 Å². The van der Waals surface area contributed by atoms with E-state index in [1.54, 1.807) is 0 Å². The van der Waals surface area contributed by atoms with Crippen molar-refractivity contribution in [2.24, 2.45) is 0 Å². The SMILES string of the molecule is c1ccc(-c2nc3ccccc3nc2-c2ccc(-c3ccc(-c4nc5ccccc5n4-c4ccc5c(c4)C(c4ccccc4)(c4ccccc4)c4ccccc4-5)cc3)cc2)cc1. The molecule has 11 aromatic rings. The van der Waals surface area contributed by atoms with Gasteiger partial charge in [0.25, 0.3) is 0 Å². The van der Waals surface area contributed by atoms with E-state index >= 15 is 0 Å². The Kier molecular flexibility index (Phi) is 8.36. The summed E-state index contributed by atoms with van der Waals surface area (Å²) in [7, 11) is 0. The van der Waals surface area contributed by atoms with Crippen molar-refractivity contribution < 1.29 is 0 Å². The van der Waals surface area contributed by atoms with Gasteiger partial charge >= 0.3 is 0 Å². The summed E-state index contributed by atoms with van der Waals surface area (Å²) >= 11 is 0. The summed E-state index contributed by atoms with van der Waals surface area (Å²) in [6, 6.07) is 82.2. The average molecular weight is 791 g/mol. The van der Waals surface area contributed by atoms with Gasteiger partial charge in [-0.25, -0.2) is 15.0 Å². The van der Waals surface area contributed by atoms with Crippen molar-refractivity contribution in [2.45, 2.75) is 5.41 Å². The largest absolute Gasteiger partial charge is 0.292 e. The number of fused-ring (bicyclic) bond motifs is 5. The Labute approximate surface area is 360 Å². The zero-order chi connectivity index (χ0) is 41.0. The maximum atomic E-state index is 5.30. The van der Waals surface area contributed by atoms with Crippen LogP contribution in [0.25, 0.3) is 83.9 Å². The molecule has 0 bridgehead atoms. The van der Waals surface area contributed by atoms with Crippen LogP contribution in [0.2, 0.25) is 0 Å². The van der Waals surface area contributed by atoms with Crippen LogP contribution in [-0.2, 0) is 5.41 Å². The third-order valence-electron chi connectivity index (χ3n) is 12.5. The number of rotatable bonds is 7. The highest BCUT2D eigenvalue weighted by molar-refractivity contribution is 5.90. The number of hydrogen-bond acceptors (Lipinski definition) is 3. The lowest BCUT2D eigenvalue weighted by Gasteiger charge is -2.34. The summed E-state index contributed by atoms with van der Waals surface area (Å²) in [5, 5.41) is 0. The first-order valence-electron chi connectivity index (χ1n) is 21.1. The first-order chi connectivity index (χ1) is 30.7. The Morgan fingerprint density at radius 3 is 1.42 bits per heavy atom. The number of aromatic nitrogens is 4. The standard InChI is InChI=1S/C58H38N4/c1-4-16-41(17-5-1)55-56(60-52-25-13-12-24-51(52)59-55)42-32-28-39(29-33-42)40-30-34-43(35-31-40)57-61-53-26-14-15-27-54(53)62(57)46-36-37-48-47-22-10-11-23-49(47)58(50(48)38-46,44-18-6-2-7-19-44)45-20-8-3-9-21-45/h1-38H. The van der Waals surface area contributed by atoms with Crippen molar-refractivity contribution in [1.82, 2.24) is 19.5 Å². The Morgan fingerprint density at radius 2 is 0.790 bits per heavy atom. The predicted octanol–water partition coefficient (Wildman–Crippen LogP) is 14.0. The van der Waals surface area contributed by atoms with Gasteiger partial charge in [0.05, 0.1) is 38.9 Å². The molecule has 1 aliphatic carbocycles. The first-order valence-corrected chi connectivity index (χ1v) is 21.1. The summed E-state index contributed by atoms with van der Waals surface area (Å²) < 4.78 is 2.33. The monoisotopic (exact) mass is 790 g/mol. The van der Waals surface area contributed by atoms with Crippen LogP contribution >= 0.6 is 0 Å². The van der Waals surface area contributed by atoms with E-state index in [1.165, 1.54) is 33.4 Å². The van der Waals surface area contributed by atoms with Gasteiger partial charge in [-0.05, 0) is 80.9 Å². The molecule has 0 atom stereocenters. The van der Waals surface area contributed by atoms with Crippen molar-refractivity contribution in [3.05, 3.63) is 253 Å². The van der Waals surface area contributed by atoms with Crippen molar-refractivity contribution in [3.8, 4) is 61.8 Å². The molecule has 0 saturated heterocycles. The van der Waals surface area contributed by atoms with Crippen LogP contribution in [0.4, 0.5) is 0 Å². The molecule has 0 N–H and O–H groups in total. The third kappa shape index (κ3) is 5.65. The third-order valence-corrected chi connectivity index (χ3v) is 12.5. The maximum Gasteiger partial charge on any atom is 0.145 e. The molecule has 290 valence electrons. The average Bonchev–Trinajstić information content (AvgIpc) is 3.89. The van der Waals surface area contributed by atoms with Gasteiger partial charge in [-0.2, -0.15) is 0 Å². The Bertz CT molecular complexity index is 3390. The minimum absolute atomic E-state index is 0.498. The molecule has 0 spiro atoms. The molecule has 4 nitrogen and oxygen atoms in total. The van der Waals surface area contributed by atoms with Gasteiger partial charge in [0.15, 0.2) is 0 Å². The zero-order valence-electron chi connectivity index (χ0n) is 33.7. The minimum Gasteiger partial charge on any atom is -0.292 e. The molecule has 0 unspecified atom stereocenters. The second-order valence-corrected chi connectivity index (χ2v) is 15.9. The lowest BCUT2D eigenvalue weighted by Crippen LogP contribution is -2.28. The Balaban J connectivity index is 0.952. The van der Waals surface area contributed by atoms with E-state index in [0.717, 1.165) is 72.8 Å². The molecule has 0 amide bonds. The maximum absolute atomic E-state index is 5.30. The summed E-state index contributed by atoms with van der Waals surface area (Å²) in [5.74, 6) is 0.900. The lowest BCUT2D eigenvalue weighted by atomic mass is 9.67. The van der Waals surface area contributed by atoms with E-state index in [-0.39, 0.29) is 0 Å². The van der Waals surface area contributed by atoms with Crippen molar-refractivity contribution in [2.75, 3.05) is 0 Å². The highest BCUT2D eigenvalue weighted by atomic mass is 15.1. The molecule has 12 rings (SSSR count). The van der Waals surface area contributed by atoms with Crippen LogP contribution in [0.5, 0.6) is 0 Å². The lowest BCUT2D eigenvalue weighted by molar-refractivity contribution is 0.767. The molecule has 4 heteroatoms. The molecule has 2 aromatic heterocycles. The highest BCUT2D eigenvalue weighted by Gasteiger charge is 2.46. The predicted molar refractivity (Wildman–Crippen MR) is 253 cm³/mol. The number of imidazole rings is 1. The fourth-order valence-corrected chi connectivity index (χ4v) is 9.68. The molecule has 1 aliphatic rings. The topological polar surface area (TPSA) is 43.6 Å². The van der Waals surface area contributed by atoms with E-state index in [4.69, 9.17) is 15.0 Å². The second-order valence-electron chi connectivity index (χ2n) is 15.9. The van der Waals surface area contributed by atoms with Gasteiger partial charge in [-0.15, -0.1) is 0 Å². The molecule has 0 radical (unpaired) electrons. The van der Waals surface area contributed by atoms with Crippen LogP contribution in [0.1, 0.15) is 22.3 Å². The van der Waals surface area contributed by atoms with Gasteiger partial charge < -0.3 is 0 Å². The fourth-order valence-electron chi connectivity index (χ4n) is 9.68. The van der Waals surface area contributed by atoms with Crippen LogP contribution in [0.15, 0.2) is 231 Å². The van der Waals surface area contributed by atoms with Crippen LogP contribution < -0.4 is 0 Å². The molecule has 0 aliphatic heterocycles. The van der Waals surface area contributed by atoms with Crippen LogP contribution in [0, 0.1) is 0 Å². The number of benzene rings is 9. The van der Waals surface area contributed by atoms with Crippen LogP contribution in [-0.4, -0.2) is 19.5 Å². The smallest absolute Gasteiger partial charge is 0.145 e. The van der Waals surface area contributed by atoms with Gasteiger partial charge in [0.2, 0.25) is 0 Å². The van der Waals surface area contributed by atoms with E-state index in [0.29, 0.717) is 0 Å². The number of hydrogen-bond donors (Lipinski definition) is 0. The summed E-state index contributed by atoms with van der Waals surface area (Å²) in [6.07, 6.45) is 0. The van der Waals surface area contributed by atoms with Crippen molar-refractivity contribution in [3.63, 3.8) is 0 Å². The molecule has 9 aromatic carbocycles. The Morgan fingerprint density at radius 1 is 0.323 bits per heavy atom. The van der Waals surface area contributed by atoms with Gasteiger partial charge in [-0.1, -0.05) is 194 Å². The normalized spacial score (nSPS) is 12.6. The minimum atomic E-state index is -0.498. The van der Waals surface area contributed by atoms with Crippen molar-refractivity contribution in [1.29, 1.82) is 0 Å². The molecular weight excluding hydrogens is 753 g/mol. The van der Waals surface area contributed by atoms with E-state index in [9.17, 15) is 0 Å². The molecule has 2 heterocycles. The quantitative estimate of drug-likeness (QED) is 0.161. The van der Waals surface area contributed by atoms with E-state index in [2.05, 4.69) is 193 Å². The van der Waals surface area contributed by atoms with E-state index in [1.807, 2.05) is 42.5 Å². The van der Waals surface area contributed by atoms with Gasteiger partial charge in [-0.3, -0.25) is 4.57 Å². The second kappa shape index (κ2) is 14.5. The Hall–Kier alpha value is -8.21.